The fraction of sp³-hybridized carbons (Fsp3) is 0.154. The number of nitrogens with one attached hydrogen (secondary N) is 1. The van der Waals surface area contributed by atoms with Crippen LogP contribution in [0, 0.1) is 0 Å². The lowest BCUT2D eigenvalue weighted by Crippen LogP contribution is -2.24. The first-order chi connectivity index (χ1) is 9.90. The van der Waals surface area contributed by atoms with Crippen LogP contribution in [0.15, 0.2) is 30.5 Å². The van der Waals surface area contributed by atoms with E-state index in [1.165, 1.54) is 16.9 Å². The fourth-order valence-corrected chi connectivity index (χ4v) is 2.12. The lowest BCUT2D eigenvalue weighted by atomic mass is 10.2. The van der Waals surface area contributed by atoms with Gasteiger partial charge >= 0.3 is 5.97 Å². The molecule has 8 heteroatoms. The highest BCUT2D eigenvalue weighted by molar-refractivity contribution is 6.39. The van der Waals surface area contributed by atoms with Gasteiger partial charge in [-0.15, -0.1) is 0 Å². The van der Waals surface area contributed by atoms with Crippen molar-refractivity contribution in [2.45, 2.75) is 13.0 Å². The minimum atomic E-state index is -1.16. The van der Waals surface area contributed by atoms with Crippen molar-refractivity contribution in [1.82, 2.24) is 9.78 Å². The van der Waals surface area contributed by atoms with Crippen LogP contribution in [-0.4, -0.2) is 26.8 Å². The molecule has 0 aliphatic carbocycles. The van der Waals surface area contributed by atoms with Crippen LogP contribution >= 0.6 is 23.2 Å². The van der Waals surface area contributed by atoms with Crippen molar-refractivity contribution in [2.75, 3.05) is 5.32 Å². The molecule has 0 aliphatic rings. The first kappa shape index (κ1) is 15.3. The second kappa shape index (κ2) is 6.15. The highest BCUT2D eigenvalue weighted by Crippen LogP contribution is 2.30. The van der Waals surface area contributed by atoms with E-state index in [0.29, 0.717) is 15.7 Å². The average molecular weight is 328 g/mol. The van der Waals surface area contributed by atoms with Crippen molar-refractivity contribution in [2.24, 2.45) is 0 Å². The third-order valence-electron chi connectivity index (χ3n) is 2.81. The zero-order chi connectivity index (χ0) is 15.6. The van der Waals surface area contributed by atoms with Crippen LogP contribution < -0.4 is 5.32 Å². The SMILES string of the molecule is CC(C(=O)Nc1c(Cl)cccc1Cl)n1ccc(C(=O)O)n1. The van der Waals surface area contributed by atoms with Crippen molar-refractivity contribution in [3.8, 4) is 0 Å². The Morgan fingerprint density at radius 3 is 2.43 bits per heavy atom. The minimum absolute atomic E-state index is 0.134. The molecular formula is C13H11Cl2N3O3. The molecular weight excluding hydrogens is 317 g/mol. The number of anilines is 1. The Morgan fingerprint density at radius 2 is 1.90 bits per heavy atom. The molecule has 1 heterocycles. The fourth-order valence-electron chi connectivity index (χ4n) is 1.63. The van der Waals surface area contributed by atoms with E-state index >= 15 is 0 Å². The van der Waals surface area contributed by atoms with Crippen molar-refractivity contribution in [3.05, 3.63) is 46.2 Å². The Labute approximate surface area is 130 Å². The Kier molecular flexibility index (Phi) is 4.50. The van der Waals surface area contributed by atoms with Crippen LogP contribution in [0.4, 0.5) is 5.69 Å². The molecule has 0 radical (unpaired) electrons. The number of carbonyl (C=O) groups is 2. The van der Waals surface area contributed by atoms with E-state index in [2.05, 4.69) is 10.4 Å². The number of carboxylic acids is 1. The number of aromatic nitrogens is 2. The topological polar surface area (TPSA) is 84.2 Å². The monoisotopic (exact) mass is 327 g/mol. The predicted octanol–water partition coefficient (Wildman–Crippen LogP) is 3.09. The van der Waals surface area contributed by atoms with Crippen molar-refractivity contribution < 1.29 is 14.7 Å². The van der Waals surface area contributed by atoms with Crippen LogP contribution in [-0.2, 0) is 4.79 Å². The molecule has 1 atom stereocenters. The number of aromatic carboxylic acids is 1. The molecule has 1 amide bonds. The average Bonchev–Trinajstić information content (AvgIpc) is 2.92. The van der Waals surface area contributed by atoms with Gasteiger partial charge in [-0.3, -0.25) is 9.48 Å². The maximum absolute atomic E-state index is 12.2. The van der Waals surface area contributed by atoms with Gasteiger partial charge in [-0.1, -0.05) is 29.3 Å². The molecule has 0 fully saturated rings. The molecule has 1 unspecified atom stereocenters. The van der Waals surface area contributed by atoms with Crippen LogP contribution in [0.5, 0.6) is 0 Å². The predicted molar refractivity (Wildman–Crippen MR) is 79.0 cm³/mol. The van der Waals surface area contributed by atoms with Crippen molar-refractivity contribution >= 4 is 40.8 Å². The zero-order valence-electron chi connectivity index (χ0n) is 10.9. The smallest absolute Gasteiger partial charge is 0.356 e. The highest BCUT2D eigenvalue weighted by Gasteiger charge is 2.19. The molecule has 6 nitrogen and oxygen atoms in total. The van der Waals surface area contributed by atoms with E-state index < -0.39 is 17.9 Å². The second-order valence-electron chi connectivity index (χ2n) is 4.25. The molecule has 2 N–H and O–H groups in total. The lowest BCUT2D eigenvalue weighted by Gasteiger charge is -2.14. The number of hydrogen-bond donors (Lipinski definition) is 2. The van der Waals surface area contributed by atoms with Crippen molar-refractivity contribution in [3.63, 3.8) is 0 Å². The van der Waals surface area contributed by atoms with Gasteiger partial charge < -0.3 is 10.4 Å². The zero-order valence-corrected chi connectivity index (χ0v) is 12.4. The Balaban J connectivity index is 2.17. The summed E-state index contributed by atoms with van der Waals surface area (Å²) in [5.41, 5.74) is 0.175. The third-order valence-corrected chi connectivity index (χ3v) is 3.44. The standard InChI is InChI=1S/C13H11Cl2N3O3/c1-7(18-6-5-10(17-18)13(20)21)12(19)16-11-8(14)3-2-4-9(11)15/h2-7H,1H3,(H,16,19)(H,20,21). The quantitative estimate of drug-likeness (QED) is 0.903. The molecule has 0 saturated carbocycles. The number of benzene rings is 1. The molecule has 21 heavy (non-hydrogen) atoms. The summed E-state index contributed by atoms with van der Waals surface area (Å²) in [6.07, 6.45) is 1.42. The van der Waals surface area contributed by atoms with Crippen LogP contribution in [0.25, 0.3) is 0 Å². The number of carboxylic acid groups (broad SMARTS) is 1. The second-order valence-corrected chi connectivity index (χ2v) is 5.06. The summed E-state index contributed by atoms with van der Waals surface area (Å²) < 4.78 is 1.25. The number of carbonyl (C=O) groups excluding carboxylic acids is 1. The molecule has 0 saturated heterocycles. The molecule has 1 aromatic heterocycles. The van der Waals surface area contributed by atoms with E-state index in [4.69, 9.17) is 28.3 Å². The van der Waals surface area contributed by atoms with Gasteiger partial charge in [-0.25, -0.2) is 4.79 Å². The number of hydrogen-bond acceptors (Lipinski definition) is 3. The van der Waals surface area contributed by atoms with E-state index in [9.17, 15) is 9.59 Å². The lowest BCUT2D eigenvalue weighted by molar-refractivity contribution is -0.119. The van der Waals surface area contributed by atoms with E-state index in [1.807, 2.05) is 0 Å². The Hall–Kier alpha value is -2.05. The molecule has 0 aliphatic heterocycles. The highest BCUT2D eigenvalue weighted by atomic mass is 35.5. The number of amides is 1. The molecule has 0 spiro atoms. The number of nitrogens with zero attached hydrogens (tertiary/aromatic N) is 2. The van der Waals surface area contributed by atoms with Gasteiger partial charge in [0.15, 0.2) is 5.69 Å². The molecule has 0 bridgehead atoms. The molecule has 1 aromatic carbocycles. The van der Waals surface area contributed by atoms with Gasteiger partial charge in [0.05, 0.1) is 15.7 Å². The van der Waals surface area contributed by atoms with Crippen LogP contribution in [0.3, 0.4) is 0 Å². The Bertz CT molecular complexity index is 679. The minimum Gasteiger partial charge on any atom is -0.476 e. The Morgan fingerprint density at radius 1 is 1.29 bits per heavy atom. The summed E-state index contributed by atoms with van der Waals surface area (Å²) in [7, 11) is 0. The summed E-state index contributed by atoms with van der Waals surface area (Å²) in [4.78, 5) is 22.9. The summed E-state index contributed by atoms with van der Waals surface area (Å²) >= 11 is 11.9. The van der Waals surface area contributed by atoms with Gasteiger partial charge in [-0.2, -0.15) is 5.10 Å². The van der Waals surface area contributed by atoms with Gasteiger partial charge in [0.2, 0.25) is 5.91 Å². The number of para-hydroxylation sites is 1. The third kappa shape index (κ3) is 3.34. The van der Waals surface area contributed by atoms with E-state index in [1.54, 1.807) is 25.1 Å². The van der Waals surface area contributed by atoms with Gasteiger partial charge in [0.25, 0.3) is 0 Å². The van der Waals surface area contributed by atoms with Gasteiger partial charge in [0, 0.05) is 6.20 Å². The maximum Gasteiger partial charge on any atom is 0.356 e. The molecule has 2 rings (SSSR count). The summed E-state index contributed by atoms with van der Waals surface area (Å²) in [5, 5.41) is 15.9. The van der Waals surface area contributed by atoms with Crippen molar-refractivity contribution in [1.29, 1.82) is 0 Å². The van der Waals surface area contributed by atoms with E-state index in [-0.39, 0.29) is 5.69 Å². The first-order valence-electron chi connectivity index (χ1n) is 5.93. The van der Waals surface area contributed by atoms with Crippen LogP contribution in [0.1, 0.15) is 23.5 Å². The van der Waals surface area contributed by atoms with Gasteiger partial charge in [-0.05, 0) is 25.1 Å². The summed E-state index contributed by atoms with van der Waals surface area (Å²) in [6.45, 7) is 1.58. The normalized spacial score (nSPS) is 12.0. The summed E-state index contributed by atoms with van der Waals surface area (Å²) in [6, 6.07) is 5.46. The number of halogens is 2. The first-order valence-corrected chi connectivity index (χ1v) is 6.69. The molecule has 2 aromatic rings. The van der Waals surface area contributed by atoms with Crippen LogP contribution in [0.2, 0.25) is 10.0 Å². The molecule has 110 valence electrons. The van der Waals surface area contributed by atoms with Gasteiger partial charge in [0.1, 0.15) is 6.04 Å². The number of rotatable bonds is 4. The van der Waals surface area contributed by atoms with E-state index in [0.717, 1.165) is 0 Å². The summed E-state index contributed by atoms with van der Waals surface area (Å²) in [5.74, 6) is -1.57. The largest absolute Gasteiger partial charge is 0.476 e. The maximum atomic E-state index is 12.2.